The molecule has 3 fully saturated rings. The monoisotopic (exact) mass is 865 g/mol. The van der Waals surface area contributed by atoms with Crippen LogP contribution in [0.15, 0.2) is 72.9 Å². The Hall–Kier alpha value is -5.65. The summed E-state index contributed by atoms with van der Waals surface area (Å²) in [6, 6.07) is 17.4. The highest BCUT2D eigenvalue weighted by atomic mass is 19.1. The molecule has 5 atom stereocenters. The fraction of sp³-hybridized carbons (Fsp3) is 0.426. The van der Waals surface area contributed by atoms with Gasteiger partial charge in [-0.05, 0) is 111 Å². The third kappa shape index (κ3) is 8.45. The average Bonchev–Trinajstić information content (AvgIpc) is 4.04. The Morgan fingerprint density at radius 1 is 0.794 bits per heavy atom. The number of hydrogen-bond acceptors (Lipinski definition) is 11. The number of benzene rings is 4. The van der Waals surface area contributed by atoms with E-state index in [0.717, 1.165) is 73.9 Å². The molecule has 63 heavy (non-hydrogen) atoms. The Morgan fingerprint density at radius 3 is 2.14 bits per heavy atom. The summed E-state index contributed by atoms with van der Waals surface area (Å²) in [5.41, 5.74) is 9.86. The fourth-order valence-electron chi connectivity index (χ4n) is 8.94. The van der Waals surface area contributed by atoms with Crippen LogP contribution < -0.4 is 34.7 Å². The van der Waals surface area contributed by atoms with Crippen LogP contribution in [0.4, 0.5) is 8.78 Å². The summed E-state index contributed by atoms with van der Waals surface area (Å²) >= 11 is 0. The number of aliphatic hydroxyl groups is 2. The molecule has 0 bridgehead atoms. The maximum atomic E-state index is 15.2. The van der Waals surface area contributed by atoms with Gasteiger partial charge in [0.25, 0.3) is 5.91 Å². The first-order chi connectivity index (χ1) is 30.6. The van der Waals surface area contributed by atoms with E-state index in [1.807, 2.05) is 11.0 Å². The van der Waals surface area contributed by atoms with E-state index in [0.29, 0.717) is 24.7 Å². The van der Waals surface area contributed by atoms with Gasteiger partial charge in [-0.1, -0.05) is 30.3 Å². The quantitative estimate of drug-likeness (QED) is 0.0684. The Kier molecular flexibility index (Phi) is 11.3. The fourth-order valence-corrected chi connectivity index (χ4v) is 8.94. The highest BCUT2D eigenvalue weighted by Crippen LogP contribution is 2.40. The van der Waals surface area contributed by atoms with Crippen molar-refractivity contribution in [1.29, 1.82) is 0 Å². The summed E-state index contributed by atoms with van der Waals surface area (Å²) in [5.74, 6) is -2.48. The number of rotatable bonds is 15. The molecule has 1 aromatic heterocycles. The van der Waals surface area contributed by atoms with Crippen LogP contribution in [-0.4, -0.2) is 114 Å². The van der Waals surface area contributed by atoms with Crippen LogP contribution in [0.3, 0.4) is 0 Å². The highest BCUT2D eigenvalue weighted by molar-refractivity contribution is 6.42. The van der Waals surface area contributed by atoms with Crippen LogP contribution in [0.2, 0.25) is 0 Å². The van der Waals surface area contributed by atoms with E-state index in [2.05, 4.69) is 37.9 Å². The number of Topliss-reactive ketones (excluding diaryl/α,β-unsaturated/α-hetero) is 1. The number of ether oxygens (including phenoxy) is 4. The van der Waals surface area contributed by atoms with Gasteiger partial charge in [-0.25, -0.2) is 8.78 Å². The lowest BCUT2D eigenvalue weighted by molar-refractivity contribution is -0.778. The number of nitrogens with zero attached hydrogens (tertiary/aromatic N) is 4. The van der Waals surface area contributed by atoms with Gasteiger partial charge in [0.2, 0.25) is 18.5 Å². The van der Waals surface area contributed by atoms with Gasteiger partial charge < -0.3 is 50.0 Å². The predicted molar refractivity (Wildman–Crippen MR) is 226 cm³/mol. The molecular formula is C47H51F2N6O8+. The lowest BCUT2D eigenvalue weighted by Gasteiger charge is -2.36. The number of carbonyl (C=O) groups is 2. The van der Waals surface area contributed by atoms with Crippen molar-refractivity contribution in [2.45, 2.75) is 68.7 Å². The topological polar surface area (TPSA) is 165 Å². The van der Waals surface area contributed by atoms with Gasteiger partial charge >= 0.3 is 0 Å². The van der Waals surface area contributed by atoms with Crippen LogP contribution in [0.5, 0.6) is 23.0 Å². The molecule has 5 heterocycles. The third-order valence-electron chi connectivity index (χ3n) is 12.8. The highest BCUT2D eigenvalue weighted by Gasteiger charge is 2.37. The van der Waals surface area contributed by atoms with Gasteiger partial charge in [-0.15, -0.1) is 9.36 Å². The van der Waals surface area contributed by atoms with Gasteiger partial charge in [0.15, 0.2) is 40.7 Å². The molecule has 5 aliphatic rings. The zero-order valence-electron chi connectivity index (χ0n) is 34.8. The van der Waals surface area contributed by atoms with Crippen LogP contribution >= 0.6 is 0 Å². The van der Waals surface area contributed by atoms with E-state index in [4.69, 9.17) is 24.7 Å². The Labute approximate surface area is 362 Å². The summed E-state index contributed by atoms with van der Waals surface area (Å²) in [5, 5.41) is 26.1. The van der Waals surface area contributed by atoms with Gasteiger partial charge in [0.05, 0.1) is 23.6 Å². The van der Waals surface area contributed by atoms with Gasteiger partial charge in [0, 0.05) is 24.7 Å². The summed E-state index contributed by atoms with van der Waals surface area (Å²) < 4.78 is 57.7. The minimum absolute atomic E-state index is 0.0158. The molecule has 5 N–H and O–H groups in total. The first-order valence-corrected chi connectivity index (χ1v) is 21.8. The molecular weight excluding hydrogens is 815 g/mol. The molecule has 5 unspecified atom stereocenters. The largest absolute Gasteiger partial charge is 0.486 e. The molecule has 1 saturated carbocycles. The van der Waals surface area contributed by atoms with Crippen molar-refractivity contribution in [3.8, 4) is 34.1 Å². The maximum absolute atomic E-state index is 15.2. The Morgan fingerprint density at radius 2 is 1.44 bits per heavy atom. The number of likely N-dealkylation sites (tertiary alicyclic amines) is 2. The molecule has 4 aromatic carbocycles. The zero-order valence-corrected chi connectivity index (χ0v) is 34.8. The molecule has 0 radical (unpaired) electrons. The van der Waals surface area contributed by atoms with Crippen LogP contribution in [0.25, 0.3) is 22.0 Å². The van der Waals surface area contributed by atoms with Crippen molar-refractivity contribution in [3.05, 3.63) is 101 Å². The van der Waals surface area contributed by atoms with Crippen LogP contribution in [0.1, 0.15) is 65.4 Å². The molecule has 4 aliphatic heterocycles. The molecule has 14 nitrogen and oxygen atoms in total. The van der Waals surface area contributed by atoms with Crippen LogP contribution in [0, 0.1) is 11.6 Å². The van der Waals surface area contributed by atoms with E-state index >= 15 is 4.39 Å². The van der Waals surface area contributed by atoms with E-state index < -0.39 is 53.7 Å². The molecule has 10 rings (SSSR count). The lowest BCUT2D eigenvalue weighted by Crippen LogP contribution is -2.52. The van der Waals surface area contributed by atoms with Crippen molar-refractivity contribution >= 4 is 22.6 Å². The summed E-state index contributed by atoms with van der Waals surface area (Å²) in [6.45, 7) is 5.29. The van der Waals surface area contributed by atoms with Crippen molar-refractivity contribution in [3.63, 3.8) is 0 Å². The van der Waals surface area contributed by atoms with Crippen molar-refractivity contribution in [2.24, 2.45) is 5.73 Å². The first kappa shape index (κ1) is 41.4. The third-order valence-corrected chi connectivity index (χ3v) is 12.8. The summed E-state index contributed by atoms with van der Waals surface area (Å²) in [6.07, 6.45) is 3.42. The first-order valence-electron chi connectivity index (χ1n) is 21.8. The van der Waals surface area contributed by atoms with Crippen molar-refractivity contribution in [2.75, 3.05) is 59.1 Å². The smallest absolute Gasteiger partial charge is 0.292 e. The summed E-state index contributed by atoms with van der Waals surface area (Å²) in [4.78, 5) is 31.1. The molecule has 1 aliphatic carbocycles. The van der Waals surface area contributed by atoms with Crippen molar-refractivity contribution < 1.29 is 52.2 Å². The Bertz CT molecular complexity index is 2540. The maximum Gasteiger partial charge on any atom is 0.292 e. The predicted octanol–water partition coefficient (Wildman–Crippen LogP) is 3.99. The number of hydrogen-bond donors (Lipinski definition) is 4. The summed E-state index contributed by atoms with van der Waals surface area (Å²) in [7, 11) is 0. The average molecular weight is 866 g/mol. The Balaban J connectivity index is 0.825. The van der Waals surface area contributed by atoms with E-state index in [1.54, 1.807) is 30.3 Å². The second kappa shape index (κ2) is 17.1. The number of ketones is 1. The standard InChI is InChI=1S/C47H50F2N6O8/c48-35-19-31(20-40-45(35)61-16-15-60-40)43(57)38(25-53-13-2-14-53)51-47(59)44(58)28-5-3-27(4-6-28)29-7-10-39-32(17-29)22-54(55(39)33-8-9-33)23-34-26-62-46-36(49)18-30(21-41(46)63-34)42(56)37(50)24-52-11-1-12-52/h3-7,10,17-22,33-34,37-38,42-43,56-57H,1-2,8-9,11-16,23-26,50H2/p+1. The van der Waals surface area contributed by atoms with Gasteiger partial charge in [-0.3, -0.25) is 9.59 Å². The minimum atomic E-state index is -1.32. The van der Waals surface area contributed by atoms with Crippen LogP contribution in [-0.2, 0) is 11.3 Å². The van der Waals surface area contributed by atoms with E-state index in [9.17, 15) is 24.2 Å². The second-order valence-corrected chi connectivity index (χ2v) is 17.4. The van der Waals surface area contributed by atoms with E-state index in [-0.39, 0.29) is 60.5 Å². The lowest BCUT2D eigenvalue weighted by atomic mass is 9.98. The molecule has 16 heteroatoms. The number of fused-ring (bicyclic) bond motifs is 3. The molecule has 5 aromatic rings. The number of halogens is 2. The minimum Gasteiger partial charge on any atom is -0.486 e. The second-order valence-electron chi connectivity index (χ2n) is 17.4. The van der Waals surface area contributed by atoms with Gasteiger partial charge in [-0.2, -0.15) is 0 Å². The number of aliphatic hydroxyl groups excluding tert-OH is 2. The molecule has 330 valence electrons. The number of carbonyl (C=O) groups excluding carboxylic acids is 2. The number of amides is 1. The van der Waals surface area contributed by atoms with Gasteiger partial charge in [0.1, 0.15) is 31.4 Å². The molecule has 0 spiro atoms. The molecule has 1 amide bonds. The number of aromatic nitrogens is 2. The SMILES string of the molecule is NC(CN1CCC1)C(O)c1cc(F)c2c(c1)OC(C[n+]1cc3cc(-c4ccc(C(=O)C(=O)NC(CN5CCC5)C(O)c5cc(F)c6c(c5)OCCO6)cc4)ccc3n1C1CC1)CO2. The number of nitrogens with two attached hydrogens (primary N) is 1. The van der Waals surface area contributed by atoms with E-state index in [1.165, 1.54) is 18.2 Å². The molecule has 2 saturated heterocycles. The zero-order chi connectivity index (χ0) is 43.4. The van der Waals surface area contributed by atoms with Crippen molar-refractivity contribution in [1.82, 2.24) is 19.8 Å². The number of nitrogens with one attached hydrogen (secondary N) is 1. The normalized spacial score (nSPS) is 20.3.